The number of pyridine rings is 1. The Labute approximate surface area is 133 Å². The molecule has 0 amide bonds. The maximum Gasteiger partial charge on any atom is 0.146 e. The summed E-state index contributed by atoms with van der Waals surface area (Å²) in [5.74, 6) is 2.34. The Balaban J connectivity index is 1.74. The van der Waals surface area contributed by atoms with Gasteiger partial charge in [0.2, 0.25) is 0 Å². The van der Waals surface area contributed by atoms with E-state index in [0.29, 0.717) is 18.1 Å². The van der Waals surface area contributed by atoms with Crippen molar-refractivity contribution in [1.29, 1.82) is 0 Å². The van der Waals surface area contributed by atoms with E-state index in [9.17, 15) is 5.11 Å². The second kappa shape index (κ2) is 5.35. The van der Waals surface area contributed by atoms with Crippen LogP contribution in [0.25, 0.3) is 10.9 Å². The number of nitrogens with zero attached hydrogens (tertiary/aromatic N) is 1. The molecule has 0 unspecified atom stereocenters. The molecule has 0 spiro atoms. The van der Waals surface area contributed by atoms with Gasteiger partial charge in [-0.3, -0.25) is 4.98 Å². The fourth-order valence-corrected chi connectivity index (χ4v) is 2.65. The lowest BCUT2D eigenvalue weighted by Crippen LogP contribution is -2.17. The van der Waals surface area contributed by atoms with Crippen molar-refractivity contribution in [1.82, 2.24) is 4.98 Å². The SMILES string of the molecule is Cc1cc2nccc(Oc3ccc4c(c3)OCCN4)c2cc1O. The first-order valence-corrected chi connectivity index (χ1v) is 7.47. The highest BCUT2D eigenvalue weighted by Crippen LogP contribution is 2.36. The standard InChI is InChI=1S/C18H16N2O3/c1-11-8-15-13(10-16(11)21)17(4-5-19-15)23-12-2-3-14-18(9-12)22-7-6-20-14/h2-5,8-10,20-21H,6-7H2,1H3. The number of aromatic nitrogens is 1. The molecule has 5 nitrogen and oxygen atoms in total. The van der Waals surface area contributed by atoms with Gasteiger partial charge in [0.1, 0.15) is 29.6 Å². The molecule has 4 rings (SSSR count). The van der Waals surface area contributed by atoms with Crippen LogP contribution in [0.5, 0.6) is 23.0 Å². The van der Waals surface area contributed by atoms with Crippen LogP contribution < -0.4 is 14.8 Å². The van der Waals surface area contributed by atoms with E-state index >= 15 is 0 Å². The number of phenolic OH excluding ortho intramolecular Hbond substituents is 1. The number of fused-ring (bicyclic) bond motifs is 2. The second-order valence-electron chi connectivity index (χ2n) is 5.50. The molecular weight excluding hydrogens is 292 g/mol. The highest BCUT2D eigenvalue weighted by molar-refractivity contribution is 5.87. The number of hydrogen-bond donors (Lipinski definition) is 2. The van der Waals surface area contributed by atoms with Crippen LogP contribution in [0.2, 0.25) is 0 Å². The van der Waals surface area contributed by atoms with Gasteiger partial charge in [-0.05, 0) is 42.8 Å². The summed E-state index contributed by atoms with van der Waals surface area (Å²) in [6.07, 6.45) is 1.70. The molecule has 1 aliphatic heterocycles. The van der Waals surface area contributed by atoms with Gasteiger partial charge in [0, 0.05) is 24.2 Å². The van der Waals surface area contributed by atoms with Gasteiger partial charge < -0.3 is 19.9 Å². The number of rotatable bonds is 2. The van der Waals surface area contributed by atoms with Crippen molar-refractivity contribution in [3.05, 3.63) is 48.2 Å². The zero-order chi connectivity index (χ0) is 15.8. The maximum atomic E-state index is 9.95. The van der Waals surface area contributed by atoms with Gasteiger partial charge >= 0.3 is 0 Å². The van der Waals surface area contributed by atoms with E-state index in [-0.39, 0.29) is 5.75 Å². The number of phenols is 1. The molecule has 116 valence electrons. The molecule has 3 aromatic rings. The Hall–Kier alpha value is -2.95. The maximum absolute atomic E-state index is 9.95. The zero-order valence-electron chi connectivity index (χ0n) is 12.7. The zero-order valence-corrected chi connectivity index (χ0v) is 12.7. The molecule has 0 radical (unpaired) electrons. The van der Waals surface area contributed by atoms with Crippen molar-refractivity contribution < 1.29 is 14.6 Å². The van der Waals surface area contributed by atoms with Gasteiger partial charge in [-0.1, -0.05) is 0 Å². The number of hydrogen-bond acceptors (Lipinski definition) is 5. The Morgan fingerprint density at radius 3 is 3.04 bits per heavy atom. The Morgan fingerprint density at radius 2 is 2.13 bits per heavy atom. The highest BCUT2D eigenvalue weighted by atomic mass is 16.5. The monoisotopic (exact) mass is 308 g/mol. The third-order valence-corrected chi connectivity index (χ3v) is 3.88. The highest BCUT2D eigenvalue weighted by Gasteiger charge is 2.12. The number of ether oxygens (including phenoxy) is 2. The van der Waals surface area contributed by atoms with Crippen LogP contribution in [-0.4, -0.2) is 23.2 Å². The van der Waals surface area contributed by atoms with Crippen molar-refractivity contribution >= 4 is 16.6 Å². The smallest absolute Gasteiger partial charge is 0.146 e. The lowest BCUT2D eigenvalue weighted by atomic mass is 10.1. The molecule has 0 saturated heterocycles. The third kappa shape index (κ3) is 2.50. The number of aryl methyl sites for hydroxylation is 1. The van der Waals surface area contributed by atoms with Crippen LogP contribution in [0.1, 0.15) is 5.56 Å². The van der Waals surface area contributed by atoms with E-state index in [1.54, 1.807) is 18.3 Å². The summed E-state index contributed by atoms with van der Waals surface area (Å²) in [6, 6.07) is 11.0. The van der Waals surface area contributed by atoms with Gasteiger partial charge in [0.05, 0.1) is 11.2 Å². The molecule has 0 saturated carbocycles. The minimum Gasteiger partial charge on any atom is -0.508 e. The van der Waals surface area contributed by atoms with E-state index in [1.807, 2.05) is 31.2 Å². The van der Waals surface area contributed by atoms with Gasteiger partial charge in [0.25, 0.3) is 0 Å². The van der Waals surface area contributed by atoms with Crippen molar-refractivity contribution in [2.24, 2.45) is 0 Å². The quantitative estimate of drug-likeness (QED) is 0.753. The van der Waals surface area contributed by atoms with Crippen molar-refractivity contribution in [3.63, 3.8) is 0 Å². The molecule has 2 aromatic carbocycles. The van der Waals surface area contributed by atoms with E-state index in [1.165, 1.54) is 0 Å². The van der Waals surface area contributed by atoms with Crippen molar-refractivity contribution in [3.8, 4) is 23.0 Å². The Morgan fingerprint density at radius 1 is 1.22 bits per heavy atom. The topological polar surface area (TPSA) is 63.6 Å². The van der Waals surface area contributed by atoms with Crippen LogP contribution in [-0.2, 0) is 0 Å². The number of anilines is 1. The first-order chi connectivity index (χ1) is 11.2. The second-order valence-corrected chi connectivity index (χ2v) is 5.50. The summed E-state index contributed by atoms with van der Waals surface area (Å²) in [5, 5.41) is 14.0. The number of nitrogens with one attached hydrogen (secondary N) is 1. The van der Waals surface area contributed by atoms with Gasteiger partial charge in [-0.15, -0.1) is 0 Å². The van der Waals surface area contributed by atoms with E-state index < -0.39 is 0 Å². The predicted octanol–water partition coefficient (Wildman–Crippen LogP) is 3.85. The molecule has 2 N–H and O–H groups in total. The average Bonchev–Trinajstić information content (AvgIpc) is 2.56. The van der Waals surface area contributed by atoms with Crippen LogP contribution >= 0.6 is 0 Å². The third-order valence-electron chi connectivity index (χ3n) is 3.88. The van der Waals surface area contributed by atoms with E-state index in [4.69, 9.17) is 9.47 Å². The summed E-state index contributed by atoms with van der Waals surface area (Å²) in [6.45, 7) is 3.29. The van der Waals surface area contributed by atoms with Gasteiger partial charge in [0.15, 0.2) is 0 Å². The molecule has 0 fully saturated rings. The number of aromatic hydroxyl groups is 1. The molecule has 23 heavy (non-hydrogen) atoms. The molecule has 0 bridgehead atoms. The fraction of sp³-hybridized carbons (Fsp3) is 0.167. The Bertz CT molecular complexity index is 893. The summed E-state index contributed by atoms with van der Waals surface area (Å²) >= 11 is 0. The first-order valence-electron chi connectivity index (χ1n) is 7.47. The van der Waals surface area contributed by atoms with Crippen LogP contribution in [0.4, 0.5) is 5.69 Å². The normalized spacial score (nSPS) is 13.1. The first kappa shape index (κ1) is 13.7. The summed E-state index contributed by atoms with van der Waals surface area (Å²) in [5.41, 5.74) is 2.54. The summed E-state index contributed by atoms with van der Waals surface area (Å²) in [7, 11) is 0. The van der Waals surface area contributed by atoms with Crippen LogP contribution in [0.15, 0.2) is 42.6 Å². The largest absolute Gasteiger partial charge is 0.508 e. The molecule has 5 heteroatoms. The Kier molecular flexibility index (Phi) is 3.19. The van der Waals surface area contributed by atoms with Gasteiger partial charge in [-0.25, -0.2) is 0 Å². The van der Waals surface area contributed by atoms with E-state index in [0.717, 1.165) is 34.4 Å². The van der Waals surface area contributed by atoms with E-state index in [2.05, 4.69) is 10.3 Å². The van der Waals surface area contributed by atoms with Crippen molar-refractivity contribution in [2.75, 3.05) is 18.5 Å². The van der Waals surface area contributed by atoms with Crippen molar-refractivity contribution in [2.45, 2.75) is 6.92 Å². The average molecular weight is 308 g/mol. The molecule has 1 aromatic heterocycles. The fourth-order valence-electron chi connectivity index (χ4n) is 2.65. The lowest BCUT2D eigenvalue weighted by Gasteiger charge is -2.19. The molecule has 0 aliphatic carbocycles. The van der Waals surface area contributed by atoms with Gasteiger partial charge in [-0.2, -0.15) is 0 Å². The summed E-state index contributed by atoms with van der Waals surface area (Å²) < 4.78 is 11.6. The predicted molar refractivity (Wildman–Crippen MR) is 88.6 cm³/mol. The molecule has 2 heterocycles. The summed E-state index contributed by atoms with van der Waals surface area (Å²) in [4.78, 5) is 4.33. The molecular formula is C18H16N2O3. The number of benzene rings is 2. The lowest BCUT2D eigenvalue weighted by molar-refractivity contribution is 0.321. The minimum atomic E-state index is 0.230. The van der Waals surface area contributed by atoms with Crippen LogP contribution in [0.3, 0.4) is 0 Å². The van der Waals surface area contributed by atoms with Crippen LogP contribution in [0, 0.1) is 6.92 Å². The minimum absolute atomic E-state index is 0.230. The molecule has 0 atom stereocenters. The molecule has 1 aliphatic rings.